The van der Waals surface area contributed by atoms with Crippen LogP contribution < -0.4 is 0 Å². The van der Waals surface area contributed by atoms with Gasteiger partial charge in [-0.2, -0.15) is 5.10 Å². The monoisotopic (exact) mass is 270 g/mol. The van der Waals surface area contributed by atoms with Crippen LogP contribution in [0.25, 0.3) is 10.9 Å². The van der Waals surface area contributed by atoms with Gasteiger partial charge in [-0.05, 0) is 13.0 Å². The van der Waals surface area contributed by atoms with Crippen LogP contribution in [-0.4, -0.2) is 33.2 Å². The van der Waals surface area contributed by atoms with Gasteiger partial charge in [0.25, 0.3) is 5.91 Å². The number of nitrogens with one attached hydrogen (secondary N) is 1. The molecule has 6 nitrogen and oxygen atoms in total. The highest BCUT2D eigenvalue weighted by Gasteiger charge is 2.24. The third kappa shape index (κ3) is 1.95. The largest absolute Gasteiger partial charge is 0.364 e. The minimum absolute atomic E-state index is 0.155. The summed E-state index contributed by atoms with van der Waals surface area (Å²) in [6.07, 6.45) is 1.49. The molecular formula is C14H14N4O2. The highest BCUT2D eigenvalue weighted by Crippen LogP contribution is 2.22. The van der Waals surface area contributed by atoms with Gasteiger partial charge in [0.15, 0.2) is 5.69 Å². The average Bonchev–Trinajstić information content (AvgIpc) is 3.14. The smallest absolute Gasteiger partial charge is 0.275 e. The van der Waals surface area contributed by atoms with Crippen molar-refractivity contribution in [2.45, 2.75) is 13.0 Å². The molecule has 1 atom stereocenters. The molecular weight excluding hydrogens is 256 g/mol. The van der Waals surface area contributed by atoms with E-state index in [-0.39, 0.29) is 11.9 Å². The van der Waals surface area contributed by atoms with E-state index < -0.39 is 0 Å². The number of nitrogens with zero attached hydrogens (tertiary/aromatic N) is 3. The van der Waals surface area contributed by atoms with Crippen molar-refractivity contribution >= 4 is 16.8 Å². The Balaban J connectivity index is 1.92. The van der Waals surface area contributed by atoms with Crippen molar-refractivity contribution in [2.75, 3.05) is 7.05 Å². The zero-order valence-electron chi connectivity index (χ0n) is 11.2. The minimum Gasteiger partial charge on any atom is -0.364 e. The predicted molar refractivity (Wildman–Crippen MR) is 73.1 cm³/mol. The fourth-order valence-electron chi connectivity index (χ4n) is 2.11. The molecule has 6 heteroatoms. The van der Waals surface area contributed by atoms with Gasteiger partial charge in [0, 0.05) is 18.5 Å². The third-order valence-electron chi connectivity index (χ3n) is 3.46. The van der Waals surface area contributed by atoms with Crippen LogP contribution in [0.4, 0.5) is 0 Å². The van der Waals surface area contributed by atoms with E-state index in [0.29, 0.717) is 11.4 Å². The molecule has 1 amide bonds. The minimum atomic E-state index is -0.184. The van der Waals surface area contributed by atoms with Gasteiger partial charge in [-0.15, -0.1) is 0 Å². The normalized spacial score (nSPS) is 12.5. The van der Waals surface area contributed by atoms with Gasteiger partial charge in [0.2, 0.25) is 0 Å². The molecule has 0 saturated heterocycles. The topological polar surface area (TPSA) is 75.0 Å². The Morgan fingerprint density at radius 1 is 1.35 bits per heavy atom. The highest BCUT2D eigenvalue weighted by molar-refractivity contribution is 6.04. The zero-order chi connectivity index (χ0) is 14.1. The van der Waals surface area contributed by atoms with Gasteiger partial charge >= 0.3 is 0 Å². The maximum absolute atomic E-state index is 12.5. The summed E-state index contributed by atoms with van der Waals surface area (Å²) in [4.78, 5) is 14.1. The molecule has 0 saturated carbocycles. The number of rotatable bonds is 3. The Bertz CT molecular complexity index is 733. The van der Waals surface area contributed by atoms with Gasteiger partial charge in [0.05, 0.1) is 11.6 Å². The summed E-state index contributed by atoms with van der Waals surface area (Å²) in [7, 11) is 1.73. The number of aromatic amines is 1. The van der Waals surface area contributed by atoms with Crippen molar-refractivity contribution < 1.29 is 9.32 Å². The second-order valence-electron chi connectivity index (χ2n) is 4.63. The van der Waals surface area contributed by atoms with E-state index in [0.717, 1.165) is 10.9 Å². The molecule has 0 aliphatic heterocycles. The van der Waals surface area contributed by atoms with Gasteiger partial charge in [-0.1, -0.05) is 23.4 Å². The molecule has 20 heavy (non-hydrogen) atoms. The molecule has 1 aromatic carbocycles. The van der Waals surface area contributed by atoms with E-state index in [9.17, 15) is 4.79 Å². The predicted octanol–water partition coefficient (Wildman–Crippen LogP) is 2.38. The molecule has 3 aromatic rings. The number of fused-ring (bicyclic) bond motifs is 1. The summed E-state index contributed by atoms with van der Waals surface area (Å²) in [6.45, 7) is 1.89. The molecule has 0 aliphatic rings. The van der Waals surface area contributed by atoms with Crippen LogP contribution in [0.1, 0.15) is 29.1 Å². The van der Waals surface area contributed by atoms with Gasteiger partial charge in [-0.25, -0.2) is 0 Å². The van der Waals surface area contributed by atoms with Crippen LogP contribution in [0.15, 0.2) is 41.1 Å². The molecule has 1 unspecified atom stereocenters. The average molecular weight is 270 g/mol. The number of hydrogen-bond donors (Lipinski definition) is 1. The Morgan fingerprint density at radius 3 is 2.90 bits per heavy atom. The number of para-hydroxylation sites is 1. The molecule has 102 valence electrons. The summed E-state index contributed by atoms with van der Waals surface area (Å²) in [5.41, 5.74) is 1.97. The number of hydrogen-bond acceptors (Lipinski definition) is 4. The number of aromatic nitrogens is 3. The van der Waals surface area contributed by atoms with Gasteiger partial charge in [0.1, 0.15) is 12.0 Å². The second kappa shape index (κ2) is 4.80. The molecule has 2 heterocycles. The molecule has 1 N–H and O–H groups in total. The number of H-pyrrole nitrogens is 1. The van der Waals surface area contributed by atoms with Gasteiger partial charge in [-0.3, -0.25) is 9.89 Å². The molecule has 3 rings (SSSR count). The maximum Gasteiger partial charge on any atom is 0.275 e. The van der Waals surface area contributed by atoms with Crippen LogP contribution >= 0.6 is 0 Å². The lowest BCUT2D eigenvalue weighted by Gasteiger charge is -2.22. The van der Waals surface area contributed by atoms with Crippen molar-refractivity contribution in [2.24, 2.45) is 0 Å². The standard InChI is InChI=1S/C14H14N4O2/c1-9(11-7-8-20-17-11)18(2)14(19)13-10-5-3-4-6-12(10)15-16-13/h3-9H,1-2H3,(H,15,16). The Kier molecular flexibility index (Phi) is 2.98. The summed E-state index contributed by atoms with van der Waals surface area (Å²) in [5.74, 6) is -0.155. The van der Waals surface area contributed by atoms with E-state index in [1.807, 2.05) is 31.2 Å². The van der Waals surface area contributed by atoms with Crippen LogP contribution in [0.3, 0.4) is 0 Å². The maximum atomic E-state index is 12.5. The van der Waals surface area contributed by atoms with Crippen molar-refractivity contribution in [3.05, 3.63) is 48.0 Å². The molecule has 0 fully saturated rings. The van der Waals surface area contributed by atoms with E-state index >= 15 is 0 Å². The van der Waals surface area contributed by atoms with Crippen molar-refractivity contribution in [1.29, 1.82) is 0 Å². The Hall–Kier alpha value is -2.63. The quantitative estimate of drug-likeness (QED) is 0.792. The van der Waals surface area contributed by atoms with Crippen LogP contribution in [-0.2, 0) is 0 Å². The van der Waals surface area contributed by atoms with Crippen LogP contribution in [0, 0.1) is 0 Å². The molecule has 0 aliphatic carbocycles. The molecule has 2 aromatic heterocycles. The Morgan fingerprint density at radius 2 is 2.15 bits per heavy atom. The number of benzene rings is 1. The van der Waals surface area contributed by atoms with Crippen molar-refractivity contribution in [1.82, 2.24) is 20.3 Å². The van der Waals surface area contributed by atoms with E-state index in [4.69, 9.17) is 4.52 Å². The summed E-state index contributed by atoms with van der Waals surface area (Å²) < 4.78 is 4.82. The van der Waals surface area contributed by atoms with Gasteiger partial charge < -0.3 is 9.42 Å². The lowest BCUT2D eigenvalue weighted by atomic mass is 10.1. The fraction of sp³-hybridized carbons (Fsp3) is 0.214. The summed E-state index contributed by atoms with van der Waals surface area (Å²) in [6, 6.07) is 9.11. The first kappa shape index (κ1) is 12.4. The summed E-state index contributed by atoms with van der Waals surface area (Å²) in [5, 5.41) is 11.7. The number of amides is 1. The van der Waals surface area contributed by atoms with Crippen LogP contribution in [0.5, 0.6) is 0 Å². The fourth-order valence-corrected chi connectivity index (χ4v) is 2.11. The van der Waals surface area contributed by atoms with Crippen molar-refractivity contribution in [3.63, 3.8) is 0 Å². The SMILES string of the molecule is CC(c1ccon1)N(C)C(=O)c1n[nH]c2ccccc12. The third-order valence-corrected chi connectivity index (χ3v) is 3.46. The zero-order valence-corrected chi connectivity index (χ0v) is 11.2. The summed E-state index contributed by atoms with van der Waals surface area (Å²) >= 11 is 0. The number of carbonyl (C=O) groups excluding carboxylic acids is 1. The first-order valence-corrected chi connectivity index (χ1v) is 6.29. The highest BCUT2D eigenvalue weighted by atomic mass is 16.5. The van der Waals surface area contributed by atoms with Crippen LogP contribution in [0.2, 0.25) is 0 Å². The first-order valence-electron chi connectivity index (χ1n) is 6.29. The van der Waals surface area contributed by atoms with E-state index in [2.05, 4.69) is 15.4 Å². The number of carbonyl (C=O) groups is 1. The molecule has 0 spiro atoms. The van der Waals surface area contributed by atoms with Crippen molar-refractivity contribution in [3.8, 4) is 0 Å². The molecule has 0 radical (unpaired) electrons. The second-order valence-corrected chi connectivity index (χ2v) is 4.63. The molecule has 0 bridgehead atoms. The lowest BCUT2D eigenvalue weighted by molar-refractivity contribution is 0.0733. The van der Waals surface area contributed by atoms with E-state index in [1.54, 1.807) is 18.0 Å². The first-order chi connectivity index (χ1) is 9.68. The van der Waals surface area contributed by atoms with E-state index in [1.165, 1.54) is 6.26 Å². The Labute approximate surface area is 115 Å². The lowest BCUT2D eigenvalue weighted by Crippen LogP contribution is -2.30.